The quantitative estimate of drug-likeness (QED) is 0.799. The Balaban J connectivity index is 2.35. The third-order valence-electron chi connectivity index (χ3n) is 3.13. The van der Waals surface area contributed by atoms with Crippen LogP contribution in [-0.4, -0.2) is 22.3 Å². The lowest BCUT2D eigenvalue weighted by atomic mass is 9.80. The summed E-state index contributed by atoms with van der Waals surface area (Å²) in [5.41, 5.74) is -1.23. The molecule has 1 aromatic heterocycles. The van der Waals surface area contributed by atoms with Crippen LogP contribution in [0, 0.1) is 0 Å². The fourth-order valence-corrected chi connectivity index (χ4v) is 2.10. The second-order valence-electron chi connectivity index (χ2n) is 4.09. The molecule has 0 saturated heterocycles. The topological polar surface area (TPSA) is 64.1 Å². The number of methoxy groups -OCH3 is 1. The molecule has 0 aromatic carbocycles. The molecule has 0 atom stereocenters. The number of hydrogen-bond donors (Lipinski definition) is 1. The standard InChI is InChI=1S/C10H13ClN2O3/c1-16-10(3-2-4-10)6-13-8(14)5-7(11)12-9(13)15/h5H,2-4,6H2,1H3,(H,12,15). The number of nitrogens with one attached hydrogen (secondary N) is 1. The van der Waals surface area contributed by atoms with Crippen LogP contribution in [0.3, 0.4) is 0 Å². The normalized spacial score (nSPS) is 18.1. The highest BCUT2D eigenvalue weighted by Gasteiger charge is 2.38. The van der Waals surface area contributed by atoms with Gasteiger partial charge in [0.25, 0.3) is 5.56 Å². The van der Waals surface area contributed by atoms with E-state index < -0.39 is 11.2 Å². The van der Waals surface area contributed by atoms with Gasteiger partial charge >= 0.3 is 5.69 Å². The van der Waals surface area contributed by atoms with E-state index in [0.29, 0.717) is 0 Å². The van der Waals surface area contributed by atoms with Gasteiger partial charge in [-0.25, -0.2) is 4.79 Å². The van der Waals surface area contributed by atoms with E-state index >= 15 is 0 Å². The molecule has 0 radical (unpaired) electrons. The molecule has 0 amide bonds. The molecule has 1 saturated carbocycles. The number of rotatable bonds is 3. The van der Waals surface area contributed by atoms with Crippen molar-refractivity contribution in [3.63, 3.8) is 0 Å². The third kappa shape index (κ3) is 1.92. The molecule has 16 heavy (non-hydrogen) atoms. The lowest BCUT2D eigenvalue weighted by molar-refractivity contribution is -0.0848. The Morgan fingerprint density at radius 3 is 2.69 bits per heavy atom. The Labute approximate surface area is 97.0 Å². The molecule has 1 aromatic rings. The van der Waals surface area contributed by atoms with Gasteiger partial charge < -0.3 is 4.74 Å². The van der Waals surface area contributed by atoms with Crippen molar-refractivity contribution in [1.29, 1.82) is 0 Å². The van der Waals surface area contributed by atoms with Crippen molar-refractivity contribution in [2.75, 3.05) is 7.11 Å². The van der Waals surface area contributed by atoms with Gasteiger partial charge in [-0.2, -0.15) is 0 Å². The summed E-state index contributed by atoms with van der Waals surface area (Å²) in [4.78, 5) is 25.6. The summed E-state index contributed by atoms with van der Waals surface area (Å²) in [6.07, 6.45) is 2.81. The molecule has 1 aliphatic carbocycles. The van der Waals surface area contributed by atoms with Gasteiger partial charge in [0.2, 0.25) is 0 Å². The molecule has 0 spiro atoms. The van der Waals surface area contributed by atoms with E-state index in [1.165, 1.54) is 6.07 Å². The van der Waals surface area contributed by atoms with Gasteiger partial charge in [-0.15, -0.1) is 0 Å². The lowest BCUT2D eigenvalue weighted by Crippen LogP contribution is -2.49. The predicted octanol–water partition coefficient (Wildman–Crippen LogP) is 0.759. The molecular formula is C10H13ClN2O3. The summed E-state index contributed by atoms with van der Waals surface area (Å²) < 4.78 is 6.51. The number of hydrogen-bond acceptors (Lipinski definition) is 3. The zero-order valence-corrected chi connectivity index (χ0v) is 9.71. The van der Waals surface area contributed by atoms with Crippen LogP contribution in [0.25, 0.3) is 0 Å². The minimum Gasteiger partial charge on any atom is -0.376 e. The minimum absolute atomic E-state index is 0.0614. The number of halogens is 1. The van der Waals surface area contributed by atoms with Gasteiger partial charge in [0, 0.05) is 13.2 Å². The molecule has 88 valence electrons. The largest absolute Gasteiger partial charge is 0.376 e. The van der Waals surface area contributed by atoms with Crippen LogP contribution in [-0.2, 0) is 11.3 Å². The zero-order valence-electron chi connectivity index (χ0n) is 8.96. The molecule has 0 bridgehead atoms. The van der Waals surface area contributed by atoms with E-state index in [2.05, 4.69) is 4.98 Å². The monoisotopic (exact) mass is 244 g/mol. The van der Waals surface area contributed by atoms with Gasteiger partial charge in [0.15, 0.2) is 0 Å². The number of ether oxygens (including phenoxy) is 1. The predicted molar refractivity (Wildman–Crippen MR) is 59.9 cm³/mol. The van der Waals surface area contributed by atoms with Crippen molar-refractivity contribution in [3.05, 3.63) is 32.1 Å². The Morgan fingerprint density at radius 1 is 1.56 bits per heavy atom. The van der Waals surface area contributed by atoms with Crippen LogP contribution in [0.4, 0.5) is 0 Å². The molecule has 2 rings (SSSR count). The number of aromatic amines is 1. The fourth-order valence-electron chi connectivity index (χ4n) is 1.93. The number of aromatic nitrogens is 2. The lowest BCUT2D eigenvalue weighted by Gasteiger charge is -2.40. The molecule has 1 heterocycles. The van der Waals surface area contributed by atoms with Gasteiger partial charge in [-0.1, -0.05) is 11.6 Å². The second-order valence-corrected chi connectivity index (χ2v) is 4.49. The molecule has 0 aliphatic heterocycles. The highest BCUT2D eigenvalue weighted by molar-refractivity contribution is 6.29. The molecule has 1 N–H and O–H groups in total. The Bertz CT molecular complexity index is 465. The Morgan fingerprint density at radius 2 is 2.25 bits per heavy atom. The molecule has 1 aliphatic rings. The number of H-pyrrole nitrogens is 1. The average molecular weight is 245 g/mol. The average Bonchev–Trinajstić information content (AvgIpc) is 2.14. The van der Waals surface area contributed by atoms with E-state index in [1.807, 2.05) is 0 Å². The van der Waals surface area contributed by atoms with Gasteiger partial charge in [0.05, 0.1) is 12.1 Å². The summed E-state index contributed by atoms with van der Waals surface area (Å²) in [7, 11) is 1.61. The van der Waals surface area contributed by atoms with E-state index in [9.17, 15) is 9.59 Å². The molecule has 1 fully saturated rings. The summed E-state index contributed by atoms with van der Waals surface area (Å²) in [5.74, 6) is 0. The van der Waals surface area contributed by atoms with Gasteiger partial charge in [0.1, 0.15) is 5.15 Å². The Hall–Kier alpha value is -1.07. The van der Waals surface area contributed by atoms with Crippen molar-refractivity contribution < 1.29 is 4.74 Å². The smallest absolute Gasteiger partial charge is 0.329 e. The summed E-state index contributed by atoms with van der Waals surface area (Å²) in [6, 6.07) is 1.20. The van der Waals surface area contributed by atoms with E-state index in [-0.39, 0.29) is 17.3 Å². The van der Waals surface area contributed by atoms with Crippen LogP contribution >= 0.6 is 11.6 Å². The third-order valence-corrected chi connectivity index (χ3v) is 3.34. The maximum atomic E-state index is 11.6. The SMILES string of the molecule is COC1(Cn2c(=O)cc(Cl)[nH]c2=O)CCC1. The summed E-state index contributed by atoms with van der Waals surface area (Å²) >= 11 is 5.58. The first-order valence-corrected chi connectivity index (χ1v) is 5.49. The molecule has 6 heteroatoms. The van der Waals surface area contributed by atoms with Crippen LogP contribution in [0.15, 0.2) is 15.7 Å². The fraction of sp³-hybridized carbons (Fsp3) is 0.600. The highest BCUT2D eigenvalue weighted by Crippen LogP contribution is 2.35. The molecule has 5 nitrogen and oxygen atoms in total. The van der Waals surface area contributed by atoms with Gasteiger partial charge in [-0.3, -0.25) is 14.3 Å². The summed E-state index contributed by atoms with van der Waals surface area (Å²) in [5, 5.41) is 0.0614. The van der Waals surface area contributed by atoms with Crippen LogP contribution < -0.4 is 11.2 Å². The first-order chi connectivity index (χ1) is 7.56. The van der Waals surface area contributed by atoms with E-state index in [0.717, 1.165) is 23.8 Å². The van der Waals surface area contributed by atoms with Crippen LogP contribution in [0.2, 0.25) is 5.15 Å². The summed E-state index contributed by atoms with van der Waals surface area (Å²) in [6.45, 7) is 0.287. The van der Waals surface area contributed by atoms with Crippen molar-refractivity contribution >= 4 is 11.6 Å². The first-order valence-electron chi connectivity index (χ1n) is 5.11. The van der Waals surface area contributed by atoms with Crippen molar-refractivity contribution in [2.24, 2.45) is 0 Å². The molecular weight excluding hydrogens is 232 g/mol. The minimum atomic E-state index is -0.485. The van der Waals surface area contributed by atoms with Crippen molar-refractivity contribution in [2.45, 2.75) is 31.4 Å². The zero-order chi connectivity index (χ0) is 11.8. The van der Waals surface area contributed by atoms with E-state index in [1.54, 1.807) is 7.11 Å². The Kier molecular flexibility index (Phi) is 2.90. The second kappa shape index (κ2) is 4.07. The van der Waals surface area contributed by atoms with Crippen LogP contribution in [0.5, 0.6) is 0 Å². The first kappa shape index (κ1) is 11.4. The maximum Gasteiger partial charge on any atom is 0.329 e. The number of nitrogens with zero attached hydrogens (tertiary/aromatic N) is 1. The maximum absolute atomic E-state index is 11.6. The van der Waals surface area contributed by atoms with Crippen molar-refractivity contribution in [1.82, 2.24) is 9.55 Å². The highest BCUT2D eigenvalue weighted by atomic mass is 35.5. The van der Waals surface area contributed by atoms with Crippen molar-refractivity contribution in [3.8, 4) is 0 Å². The van der Waals surface area contributed by atoms with E-state index in [4.69, 9.17) is 16.3 Å². The molecule has 0 unspecified atom stereocenters. The van der Waals surface area contributed by atoms with Crippen LogP contribution in [0.1, 0.15) is 19.3 Å². The van der Waals surface area contributed by atoms with Gasteiger partial charge in [-0.05, 0) is 19.3 Å².